The fourth-order valence-corrected chi connectivity index (χ4v) is 3.89. The van der Waals surface area contributed by atoms with Gasteiger partial charge in [-0.3, -0.25) is 9.59 Å². The van der Waals surface area contributed by atoms with Crippen LogP contribution in [0, 0.1) is 11.8 Å². The van der Waals surface area contributed by atoms with Crippen molar-refractivity contribution in [3.8, 4) is 0 Å². The zero-order valence-corrected chi connectivity index (χ0v) is 25.1. The largest absolute Gasteiger partial charge is 0.481 e. The fourth-order valence-electron chi connectivity index (χ4n) is 3.89. The van der Waals surface area contributed by atoms with Crippen LogP contribution in [0.3, 0.4) is 0 Å². The molecule has 1 aromatic carbocycles. The third kappa shape index (κ3) is 22.0. The molecule has 0 amide bonds. The maximum Gasteiger partial charge on any atom is 0.339 e. The Morgan fingerprint density at radius 1 is 0.575 bits per heavy atom. The van der Waals surface area contributed by atoms with Crippen LogP contribution in [0.2, 0.25) is 0 Å². The van der Waals surface area contributed by atoms with Gasteiger partial charge in [0.2, 0.25) is 0 Å². The van der Waals surface area contributed by atoms with Crippen LogP contribution in [0.15, 0.2) is 24.3 Å². The van der Waals surface area contributed by atoms with Crippen LogP contribution in [0.25, 0.3) is 0 Å². The van der Waals surface area contributed by atoms with Crippen LogP contribution in [0.4, 0.5) is 0 Å². The van der Waals surface area contributed by atoms with E-state index in [1.54, 1.807) is 24.3 Å². The van der Waals surface area contributed by atoms with Crippen LogP contribution in [0.5, 0.6) is 0 Å². The summed E-state index contributed by atoms with van der Waals surface area (Å²) in [4.78, 5) is 44.6. The van der Waals surface area contributed by atoms with Gasteiger partial charge in [0.05, 0.1) is 24.3 Å². The summed E-state index contributed by atoms with van der Waals surface area (Å²) in [6.45, 7) is 9.72. The summed E-state index contributed by atoms with van der Waals surface area (Å²) in [7, 11) is 0. The van der Waals surface area contributed by atoms with Gasteiger partial charge in [0.15, 0.2) is 0 Å². The third-order valence-corrected chi connectivity index (χ3v) is 6.22. The van der Waals surface area contributed by atoms with Gasteiger partial charge in [0, 0.05) is 12.8 Å². The summed E-state index contributed by atoms with van der Waals surface area (Å²) < 4.78 is 10.8. The normalized spacial score (nSPS) is 10.7. The number of rotatable bonds is 21. The molecule has 0 aliphatic carbocycles. The number of carbonyl (C=O) groups excluding carboxylic acids is 2. The van der Waals surface area contributed by atoms with E-state index < -0.39 is 23.9 Å². The predicted molar refractivity (Wildman–Crippen MR) is 157 cm³/mol. The molecular weight excluding hydrogens is 512 g/mol. The molecule has 0 bridgehead atoms. The molecule has 0 aliphatic rings. The van der Waals surface area contributed by atoms with Crippen molar-refractivity contribution in [2.75, 3.05) is 13.2 Å². The minimum absolute atomic E-state index is 0.0628. The molecule has 0 aliphatic heterocycles. The standard InChI is InChI=1S/C26H42O4.C6H10O4/c1-21(2)15-9-5-7-13-19-29-25(27)23-17-11-12-18-24(23)26(28)30-20-14-8-6-10-16-22(3)4;7-5(8)3-1-2-4-6(9)10/h11-12,17-18,21-22H,5-10,13-16,19-20H2,1-4H3;1-4H2,(H,7,8)(H,9,10). The average molecular weight is 565 g/mol. The lowest BCUT2D eigenvalue weighted by atomic mass is 10.0. The lowest BCUT2D eigenvalue weighted by Gasteiger charge is -2.10. The summed E-state index contributed by atoms with van der Waals surface area (Å²) in [5.41, 5.74) is 0.582. The molecule has 1 aromatic rings. The van der Waals surface area contributed by atoms with Crippen LogP contribution >= 0.6 is 0 Å². The van der Waals surface area contributed by atoms with Crippen molar-refractivity contribution in [1.29, 1.82) is 0 Å². The zero-order chi connectivity index (χ0) is 30.2. The van der Waals surface area contributed by atoms with Crippen LogP contribution in [-0.2, 0) is 19.1 Å². The van der Waals surface area contributed by atoms with E-state index in [0.717, 1.165) is 50.4 Å². The number of carboxylic acids is 2. The molecule has 0 saturated heterocycles. The zero-order valence-electron chi connectivity index (χ0n) is 25.1. The number of carbonyl (C=O) groups is 4. The van der Waals surface area contributed by atoms with E-state index in [0.29, 0.717) is 37.2 Å². The number of carboxylic acid groups (broad SMARTS) is 2. The van der Waals surface area contributed by atoms with E-state index in [1.807, 2.05) is 0 Å². The van der Waals surface area contributed by atoms with E-state index in [-0.39, 0.29) is 12.8 Å². The molecule has 0 radical (unpaired) electrons. The van der Waals surface area contributed by atoms with Crippen LogP contribution in [0.1, 0.15) is 138 Å². The van der Waals surface area contributed by atoms with E-state index in [4.69, 9.17) is 19.7 Å². The molecule has 40 heavy (non-hydrogen) atoms. The van der Waals surface area contributed by atoms with E-state index >= 15 is 0 Å². The maximum absolute atomic E-state index is 12.4. The molecule has 8 heteroatoms. The quantitative estimate of drug-likeness (QED) is 0.114. The minimum Gasteiger partial charge on any atom is -0.481 e. The Labute approximate surface area is 240 Å². The van der Waals surface area contributed by atoms with Crippen molar-refractivity contribution in [2.24, 2.45) is 11.8 Å². The molecule has 1 rings (SSSR count). The van der Waals surface area contributed by atoms with Gasteiger partial charge in [0.1, 0.15) is 0 Å². The van der Waals surface area contributed by atoms with Gasteiger partial charge >= 0.3 is 23.9 Å². The molecule has 8 nitrogen and oxygen atoms in total. The molecule has 0 fully saturated rings. The van der Waals surface area contributed by atoms with E-state index in [1.165, 1.54) is 25.7 Å². The van der Waals surface area contributed by atoms with Crippen LogP contribution < -0.4 is 0 Å². The van der Waals surface area contributed by atoms with Gasteiger partial charge in [-0.25, -0.2) is 9.59 Å². The summed E-state index contributed by atoms with van der Waals surface area (Å²) in [5.74, 6) is -1.15. The van der Waals surface area contributed by atoms with Crippen molar-refractivity contribution in [3.63, 3.8) is 0 Å². The van der Waals surface area contributed by atoms with Gasteiger partial charge < -0.3 is 19.7 Å². The van der Waals surface area contributed by atoms with Gasteiger partial charge in [-0.1, -0.05) is 91.2 Å². The van der Waals surface area contributed by atoms with Crippen molar-refractivity contribution in [3.05, 3.63) is 35.4 Å². The van der Waals surface area contributed by atoms with Gasteiger partial charge in [-0.2, -0.15) is 0 Å². The number of ether oxygens (including phenoxy) is 2. The number of hydrogen-bond donors (Lipinski definition) is 2. The molecule has 0 atom stereocenters. The topological polar surface area (TPSA) is 127 Å². The monoisotopic (exact) mass is 564 g/mol. The minimum atomic E-state index is -0.870. The molecule has 228 valence electrons. The van der Waals surface area contributed by atoms with Gasteiger partial charge in [-0.15, -0.1) is 0 Å². The smallest absolute Gasteiger partial charge is 0.339 e. The first kappa shape index (κ1) is 37.1. The average Bonchev–Trinajstić information content (AvgIpc) is 2.89. The van der Waals surface area contributed by atoms with Crippen LogP contribution in [-0.4, -0.2) is 47.3 Å². The SMILES string of the molecule is CC(C)CCCCCCOC(=O)c1ccccc1C(=O)OCCCCCCC(C)C.O=C(O)CCCCC(=O)O. The summed E-state index contributed by atoms with van der Waals surface area (Å²) >= 11 is 0. The maximum atomic E-state index is 12.4. The molecule has 2 N–H and O–H groups in total. The Bertz CT molecular complexity index is 778. The first-order chi connectivity index (χ1) is 19.0. The molecule has 0 aromatic heterocycles. The molecule has 0 spiro atoms. The highest BCUT2D eigenvalue weighted by Gasteiger charge is 2.18. The number of aliphatic carboxylic acids is 2. The Morgan fingerprint density at radius 2 is 0.925 bits per heavy atom. The van der Waals surface area contributed by atoms with E-state index in [9.17, 15) is 19.2 Å². The third-order valence-electron chi connectivity index (χ3n) is 6.22. The Kier molecular flexibility index (Phi) is 22.2. The fraction of sp³-hybridized carbons (Fsp3) is 0.688. The lowest BCUT2D eigenvalue weighted by molar-refractivity contribution is -0.139. The first-order valence-electron chi connectivity index (χ1n) is 14.9. The summed E-state index contributed by atoms with van der Waals surface area (Å²) in [5, 5.41) is 16.3. The highest BCUT2D eigenvalue weighted by Crippen LogP contribution is 2.15. The second-order valence-electron chi connectivity index (χ2n) is 11.0. The van der Waals surface area contributed by atoms with E-state index in [2.05, 4.69) is 27.7 Å². The number of benzene rings is 1. The highest BCUT2D eigenvalue weighted by molar-refractivity contribution is 6.03. The molecular formula is C32H52O8. The number of esters is 2. The van der Waals surface area contributed by atoms with Crippen molar-refractivity contribution < 1.29 is 38.9 Å². The lowest BCUT2D eigenvalue weighted by Crippen LogP contribution is -2.15. The van der Waals surface area contributed by atoms with Crippen molar-refractivity contribution >= 4 is 23.9 Å². The second kappa shape index (κ2) is 23.9. The Morgan fingerprint density at radius 3 is 1.25 bits per heavy atom. The Hall–Kier alpha value is -2.90. The predicted octanol–water partition coefficient (Wildman–Crippen LogP) is 7.93. The summed E-state index contributed by atoms with van der Waals surface area (Å²) in [6.07, 6.45) is 12.1. The second-order valence-corrected chi connectivity index (χ2v) is 11.0. The Balaban J connectivity index is 0.00000129. The number of unbranched alkanes of at least 4 members (excludes halogenated alkanes) is 7. The molecule has 0 heterocycles. The highest BCUT2D eigenvalue weighted by atomic mass is 16.5. The number of hydrogen-bond acceptors (Lipinski definition) is 6. The van der Waals surface area contributed by atoms with Gasteiger partial charge in [0.25, 0.3) is 0 Å². The molecule has 0 unspecified atom stereocenters. The summed E-state index contributed by atoms with van der Waals surface area (Å²) in [6, 6.07) is 6.75. The first-order valence-corrected chi connectivity index (χ1v) is 14.9. The van der Waals surface area contributed by atoms with Gasteiger partial charge in [-0.05, 0) is 49.7 Å². The van der Waals surface area contributed by atoms with Crippen molar-refractivity contribution in [1.82, 2.24) is 0 Å². The molecule has 0 saturated carbocycles. The van der Waals surface area contributed by atoms with Crippen molar-refractivity contribution in [2.45, 2.75) is 118 Å².